The van der Waals surface area contributed by atoms with Crippen LogP contribution in [0.3, 0.4) is 0 Å². The molecule has 1 fully saturated rings. The number of nitrogens with two attached hydrogens (primary N) is 1. The minimum Gasteiger partial charge on any atom is -0.330 e. The quantitative estimate of drug-likeness (QED) is 0.751. The van der Waals surface area contributed by atoms with Gasteiger partial charge in [0.25, 0.3) is 0 Å². The summed E-state index contributed by atoms with van der Waals surface area (Å²) in [4.78, 5) is 4.15. The van der Waals surface area contributed by atoms with Crippen LogP contribution in [0.2, 0.25) is 0 Å². The van der Waals surface area contributed by atoms with Crippen molar-refractivity contribution in [1.82, 2.24) is 9.55 Å². The SMILES string of the molecule is CC1CCC(n2cncc2CN)C1. The maximum atomic E-state index is 5.64. The van der Waals surface area contributed by atoms with Crippen molar-refractivity contribution >= 4 is 0 Å². The fourth-order valence-electron chi connectivity index (χ4n) is 2.25. The van der Waals surface area contributed by atoms with Gasteiger partial charge in [-0.15, -0.1) is 0 Å². The molecule has 2 rings (SSSR count). The van der Waals surface area contributed by atoms with E-state index in [4.69, 9.17) is 5.73 Å². The van der Waals surface area contributed by atoms with Crippen molar-refractivity contribution in [2.75, 3.05) is 0 Å². The van der Waals surface area contributed by atoms with Gasteiger partial charge in [0.15, 0.2) is 0 Å². The summed E-state index contributed by atoms with van der Waals surface area (Å²) in [5.41, 5.74) is 6.80. The van der Waals surface area contributed by atoms with Gasteiger partial charge in [-0.25, -0.2) is 4.98 Å². The van der Waals surface area contributed by atoms with Crippen LogP contribution in [0.1, 0.15) is 37.9 Å². The highest BCUT2D eigenvalue weighted by atomic mass is 15.1. The number of rotatable bonds is 2. The smallest absolute Gasteiger partial charge is 0.0951 e. The number of imidazole rings is 1. The molecule has 2 N–H and O–H groups in total. The molecule has 0 spiro atoms. The number of aromatic nitrogens is 2. The van der Waals surface area contributed by atoms with Gasteiger partial charge in [-0.1, -0.05) is 6.92 Å². The Balaban J connectivity index is 2.16. The van der Waals surface area contributed by atoms with E-state index >= 15 is 0 Å². The lowest BCUT2D eigenvalue weighted by atomic mass is 10.1. The van der Waals surface area contributed by atoms with E-state index < -0.39 is 0 Å². The van der Waals surface area contributed by atoms with Crippen LogP contribution in [0, 0.1) is 5.92 Å². The predicted octanol–water partition coefficient (Wildman–Crippen LogP) is 1.70. The normalized spacial score (nSPS) is 28.2. The van der Waals surface area contributed by atoms with Crippen molar-refractivity contribution in [3.8, 4) is 0 Å². The Morgan fingerprint density at radius 1 is 1.62 bits per heavy atom. The summed E-state index contributed by atoms with van der Waals surface area (Å²) in [5, 5.41) is 0. The molecule has 0 radical (unpaired) electrons. The summed E-state index contributed by atoms with van der Waals surface area (Å²) >= 11 is 0. The Morgan fingerprint density at radius 2 is 2.46 bits per heavy atom. The Labute approximate surface area is 79.0 Å². The maximum Gasteiger partial charge on any atom is 0.0951 e. The molecule has 0 saturated heterocycles. The number of hydrogen-bond acceptors (Lipinski definition) is 2. The highest BCUT2D eigenvalue weighted by Crippen LogP contribution is 2.34. The molecule has 1 aromatic heterocycles. The zero-order chi connectivity index (χ0) is 9.26. The molecule has 72 valence electrons. The molecule has 0 amide bonds. The summed E-state index contributed by atoms with van der Waals surface area (Å²) in [6.45, 7) is 2.92. The zero-order valence-electron chi connectivity index (χ0n) is 8.11. The average Bonchev–Trinajstić information content (AvgIpc) is 2.71. The van der Waals surface area contributed by atoms with Gasteiger partial charge in [-0.05, 0) is 25.2 Å². The van der Waals surface area contributed by atoms with Crippen molar-refractivity contribution in [3.05, 3.63) is 18.2 Å². The molecule has 2 unspecified atom stereocenters. The van der Waals surface area contributed by atoms with Gasteiger partial charge in [0, 0.05) is 18.8 Å². The van der Waals surface area contributed by atoms with E-state index in [1.807, 2.05) is 12.5 Å². The molecular formula is C10H17N3. The summed E-state index contributed by atoms with van der Waals surface area (Å²) in [5.74, 6) is 0.859. The molecule has 2 atom stereocenters. The monoisotopic (exact) mass is 179 g/mol. The van der Waals surface area contributed by atoms with Crippen molar-refractivity contribution in [3.63, 3.8) is 0 Å². The van der Waals surface area contributed by atoms with Gasteiger partial charge in [-0.2, -0.15) is 0 Å². The minimum absolute atomic E-state index is 0.602. The molecule has 1 heterocycles. The Hall–Kier alpha value is -0.830. The van der Waals surface area contributed by atoms with Crippen LogP contribution < -0.4 is 5.73 Å². The molecule has 1 aliphatic rings. The van der Waals surface area contributed by atoms with Crippen LogP contribution in [0.15, 0.2) is 12.5 Å². The third-order valence-electron chi connectivity index (χ3n) is 3.02. The van der Waals surface area contributed by atoms with E-state index in [1.54, 1.807) is 0 Å². The Morgan fingerprint density at radius 3 is 3.08 bits per heavy atom. The van der Waals surface area contributed by atoms with Crippen LogP contribution in [0.4, 0.5) is 0 Å². The molecule has 3 nitrogen and oxygen atoms in total. The van der Waals surface area contributed by atoms with Gasteiger partial charge in [0.2, 0.25) is 0 Å². The van der Waals surface area contributed by atoms with Crippen LogP contribution in [-0.2, 0) is 6.54 Å². The minimum atomic E-state index is 0.602. The first kappa shape index (κ1) is 8.75. The molecule has 0 bridgehead atoms. The van der Waals surface area contributed by atoms with Crippen molar-refractivity contribution in [2.45, 2.75) is 38.8 Å². The fourth-order valence-corrected chi connectivity index (χ4v) is 2.25. The van der Waals surface area contributed by atoms with Gasteiger partial charge < -0.3 is 10.3 Å². The van der Waals surface area contributed by atoms with E-state index in [2.05, 4.69) is 16.5 Å². The van der Waals surface area contributed by atoms with E-state index in [1.165, 1.54) is 25.0 Å². The van der Waals surface area contributed by atoms with Crippen molar-refractivity contribution in [1.29, 1.82) is 0 Å². The molecule has 0 aromatic carbocycles. The van der Waals surface area contributed by atoms with E-state index in [0.717, 1.165) is 5.92 Å². The predicted molar refractivity (Wildman–Crippen MR) is 52.2 cm³/mol. The van der Waals surface area contributed by atoms with E-state index in [0.29, 0.717) is 12.6 Å². The molecule has 1 aliphatic carbocycles. The topological polar surface area (TPSA) is 43.8 Å². The first-order valence-electron chi connectivity index (χ1n) is 5.02. The second-order valence-corrected chi connectivity index (χ2v) is 4.07. The largest absolute Gasteiger partial charge is 0.330 e. The van der Waals surface area contributed by atoms with Crippen LogP contribution >= 0.6 is 0 Å². The van der Waals surface area contributed by atoms with Gasteiger partial charge >= 0.3 is 0 Å². The third kappa shape index (κ3) is 1.61. The summed E-state index contributed by atoms with van der Waals surface area (Å²) in [7, 11) is 0. The van der Waals surface area contributed by atoms with E-state index in [9.17, 15) is 0 Å². The second kappa shape index (κ2) is 3.50. The van der Waals surface area contributed by atoms with Gasteiger partial charge in [0.1, 0.15) is 0 Å². The first-order chi connectivity index (χ1) is 6.31. The summed E-state index contributed by atoms with van der Waals surface area (Å²) in [6, 6.07) is 0.649. The van der Waals surface area contributed by atoms with Gasteiger partial charge in [-0.3, -0.25) is 0 Å². The standard InChI is InChI=1S/C10H17N3/c1-8-2-3-9(4-8)13-7-12-6-10(13)5-11/h6-9H,2-5,11H2,1H3. The number of nitrogens with zero attached hydrogens (tertiary/aromatic N) is 2. The third-order valence-corrected chi connectivity index (χ3v) is 3.02. The van der Waals surface area contributed by atoms with Crippen LogP contribution in [0.25, 0.3) is 0 Å². The molecular weight excluding hydrogens is 162 g/mol. The maximum absolute atomic E-state index is 5.64. The van der Waals surface area contributed by atoms with Crippen LogP contribution in [-0.4, -0.2) is 9.55 Å². The highest BCUT2D eigenvalue weighted by Gasteiger charge is 2.23. The Bertz CT molecular complexity index is 279. The highest BCUT2D eigenvalue weighted by molar-refractivity contribution is 5.00. The Kier molecular flexibility index (Phi) is 2.36. The lowest BCUT2D eigenvalue weighted by Crippen LogP contribution is -2.10. The molecule has 1 saturated carbocycles. The summed E-state index contributed by atoms with van der Waals surface area (Å²) in [6.07, 6.45) is 7.70. The average molecular weight is 179 g/mol. The molecule has 0 aliphatic heterocycles. The van der Waals surface area contributed by atoms with Crippen molar-refractivity contribution in [2.24, 2.45) is 11.7 Å². The number of hydrogen-bond donors (Lipinski definition) is 1. The van der Waals surface area contributed by atoms with Crippen molar-refractivity contribution < 1.29 is 0 Å². The van der Waals surface area contributed by atoms with Gasteiger partial charge in [0.05, 0.1) is 12.0 Å². The summed E-state index contributed by atoms with van der Waals surface area (Å²) < 4.78 is 2.25. The lowest BCUT2D eigenvalue weighted by Gasteiger charge is -2.14. The molecule has 3 heteroatoms. The molecule has 1 aromatic rings. The zero-order valence-corrected chi connectivity index (χ0v) is 8.11. The fraction of sp³-hybridized carbons (Fsp3) is 0.700. The lowest BCUT2D eigenvalue weighted by molar-refractivity contribution is 0.480. The van der Waals surface area contributed by atoms with Crippen LogP contribution in [0.5, 0.6) is 0 Å². The second-order valence-electron chi connectivity index (χ2n) is 4.07. The first-order valence-corrected chi connectivity index (χ1v) is 5.02. The molecule has 13 heavy (non-hydrogen) atoms. The van der Waals surface area contributed by atoms with E-state index in [-0.39, 0.29) is 0 Å².